The quantitative estimate of drug-likeness (QED) is 0.334. The SMILES string of the molecule is C=C(C)[C@@H]1CC[C@]2(C(=O)N3CCN(C)CC3)CC[C@]3(C)[C@H](CC[C@@H]4[C@@]5(C)CC=C(c6ccc(C(=O)O)cc6)C(C)(C)[C@@H]5CC[C@]43C)[C@@H]12. The van der Waals surface area contributed by atoms with Crippen LogP contribution < -0.4 is 0 Å². The minimum absolute atomic E-state index is 0.00394. The van der Waals surface area contributed by atoms with Crippen molar-refractivity contribution in [3.05, 3.63) is 53.6 Å². The maximum Gasteiger partial charge on any atom is 0.335 e. The Bertz CT molecular complexity index is 1490. The summed E-state index contributed by atoms with van der Waals surface area (Å²) in [6.07, 6.45) is 13.0. The number of fused-ring (bicyclic) bond motifs is 7. The molecule has 47 heavy (non-hydrogen) atoms. The summed E-state index contributed by atoms with van der Waals surface area (Å²) in [5.74, 6) is 2.26. The average Bonchev–Trinajstić information content (AvgIpc) is 3.42. The topological polar surface area (TPSA) is 60.9 Å². The second kappa shape index (κ2) is 11.1. The smallest absolute Gasteiger partial charge is 0.335 e. The van der Waals surface area contributed by atoms with Gasteiger partial charge in [-0.1, -0.05) is 65.0 Å². The molecule has 0 unspecified atom stereocenters. The van der Waals surface area contributed by atoms with E-state index < -0.39 is 5.97 Å². The first-order chi connectivity index (χ1) is 22.1. The van der Waals surface area contributed by atoms with E-state index >= 15 is 0 Å². The van der Waals surface area contributed by atoms with Crippen molar-refractivity contribution in [1.82, 2.24) is 9.80 Å². The molecular weight excluding hydrogens is 580 g/mol. The summed E-state index contributed by atoms with van der Waals surface area (Å²) in [6, 6.07) is 7.58. The molecule has 4 saturated carbocycles. The van der Waals surface area contributed by atoms with Crippen LogP contribution in [0.4, 0.5) is 0 Å². The van der Waals surface area contributed by atoms with Gasteiger partial charge < -0.3 is 14.9 Å². The van der Waals surface area contributed by atoms with Gasteiger partial charge in [0.1, 0.15) is 0 Å². The van der Waals surface area contributed by atoms with E-state index in [0.29, 0.717) is 41.1 Å². The number of nitrogens with zero attached hydrogens (tertiary/aromatic N) is 2. The highest BCUT2D eigenvalue weighted by molar-refractivity contribution is 5.88. The second-order valence-corrected chi connectivity index (χ2v) is 18.4. The molecule has 1 aliphatic heterocycles. The summed E-state index contributed by atoms with van der Waals surface area (Å²) in [6.45, 7) is 23.4. The zero-order valence-electron chi connectivity index (χ0n) is 30.3. The fraction of sp³-hybridized carbons (Fsp3) is 0.714. The molecule has 9 atom stereocenters. The minimum atomic E-state index is -0.868. The molecular formula is C42H60N2O3. The fourth-order valence-electron chi connectivity index (χ4n) is 13.7. The highest BCUT2D eigenvalue weighted by Gasteiger charge is 2.71. The zero-order valence-corrected chi connectivity index (χ0v) is 30.3. The van der Waals surface area contributed by atoms with E-state index in [2.05, 4.69) is 71.0 Å². The lowest BCUT2D eigenvalue weighted by molar-refractivity contribution is -0.226. The molecule has 6 aliphatic rings. The van der Waals surface area contributed by atoms with E-state index in [1.807, 2.05) is 12.1 Å². The van der Waals surface area contributed by atoms with E-state index in [1.54, 1.807) is 12.1 Å². The van der Waals surface area contributed by atoms with E-state index in [9.17, 15) is 14.7 Å². The van der Waals surface area contributed by atoms with Crippen LogP contribution in [0, 0.1) is 56.7 Å². The van der Waals surface area contributed by atoms with Crippen LogP contribution >= 0.6 is 0 Å². The van der Waals surface area contributed by atoms with Gasteiger partial charge in [0.05, 0.1) is 11.0 Å². The standard InChI is InChI=1S/C42H60N2O3/c1-27(2)30-15-20-42(37(47)44-25-23-43(8)24-26-44)22-21-40(6)32(35(30)42)13-14-34-39(5)18-16-31(28-9-11-29(12-10-28)36(45)46)38(3,4)33(39)17-19-41(34,40)7/h9-12,16,30,32-35H,1,13-15,17-26H2,2-8H3,(H,45,46)/t30-,32+,33-,34+,35+,39-,40+,41+,42-/m0/s1. The summed E-state index contributed by atoms with van der Waals surface area (Å²) >= 11 is 0. The van der Waals surface area contributed by atoms with E-state index in [-0.39, 0.29) is 27.1 Å². The van der Waals surface area contributed by atoms with Gasteiger partial charge in [0.15, 0.2) is 0 Å². The average molecular weight is 641 g/mol. The Hall–Kier alpha value is -2.40. The number of aromatic carboxylic acids is 1. The summed E-state index contributed by atoms with van der Waals surface area (Å²) < 4.78 is 0. The number of benzene rings is 1. The number of carbonyl (C=O) groups excluding carboxylic acids is 1. The number of piperazine rings is 1. The van der Waals surface area contributed by atoms with Crippen LogP contribution in [0.15, 0.2) is 42.5 Å². The van der Waals surface area contributed by atoms with Crippen molar-refractivity contribution < 1.29 is 14.7 Å². The van der Waals surface area contributed by atoms with Crippen molar-refractivity contribution in [3.63, 3.8) is 0 Å². The van der Waals surface area contributed by atoms with Crippen molar-refractivity contribution in [3.8, 4) is 0 Å². The van der Waals surface area contributed by atoms with Crippen LogP contribution in [-0.4, -0.2) is 60.0 Å². The third-order valence-corrected chi connectivity index (χ3v) is 16.3. The predicted molar refractivity (Wildman–Crippen MR) is 190 cm³/mol. The molecule has 0 bridgehead atoms. The monoisotopic (exact) mass is 640 g/mol. The van der Waals surface area contributed by atoms with Crippen LogP contribution in [0.5, 0.6) is 0 Å². The Morgan fingerprint density at radius 3 is 2.15 bits per heavy atom. The molecule has 256 valence electrons. The Morgan fingerprint density at radius 1 is 0.830 bits per heavy atom. The Balaban J connectivity index is 1.22. The van der Waals surface area contributed by atoms with Gasteiger partial charge in [0.25, 0.3) is 0 Å². The maximum absolute atomic E-state index is 14.7. The summed E-state index contributed by atoms with van der Waals surface area (Å²) in [4.78, 5) is 30.9. The Morgan fingerprint density at radius 2 is 1.51 bits per heavy atom. The van der Waals surface area contributed by atoms with Crippen molar-refractivity contribution in [2.75, 3.05) is 33.2 Å². The number of rotatable bonds is 4. The van der Waals surface area contributed by atoms with Crippen LogP contribution in [0.25, 0.3) is 5.57 Å². The van der Waals surface area contributed by atoms with Crippen LogP contribution in [-0.2, 0) is 4.79 Å². The van der Waals surface area contributed by atoms with Crippen LogP contribution in [0.3, 0.4) is 0 Å². The zero-order chi connectivity index (χ0) is 33.7. The normalized spacial score (nSPS) is 42.7. The molecule has 1 N–H and O–H groups in total. The van der Waals surface area contributed by atoms with Gasteiger partial charge in [-0.2, -0.15) is 0 Å². The predicted octanol–water partition coefficient (Wildman–Crippen LogP) is 8.81. The van der Waals surface area contributed by atoms with Crippen molar-refractivity contribution in [1.29, 1.82) is 0 Å². The number of carboxylic acid groups (broad SMARTS) is 1. The lowest BCUT2D eigenvalue weighted by Gasteiger charge is -2.72. The van der Waals surface area contributed by atoms with Crippen LogP contribution in [0.2, 0.25) is 0 Å². The highest BCUT2D eigenvalue weighted by atomic mass is 16.4. The fourth-order valence-corrected chi connectivity index (χ4v) is 13.7. The van der Waals surface area contributed by atoms with Gasteiger partial charge in [0, 0.05) is 26.2 Å². The van der Waals surface area contributed by atoms with Crippen LogP contribution in [0.1, 0.15) is 115 Å². The second-order valence-electron chi connectivity index (χ2n) is 18.4. The first-order valence-corrected chi connectivity index (χ1v) is 18.8. The first-order valence-electron chi connectivity index (χ1n) is 18.8. The molecule has 1 aromatic carbocycles. The molecule has 1 amide bonds. The lowest BCUT2D eigenvalue weighted by atomic mass is 9.32. The van der Waals surface area contributed by atoms with Gasteiger partial charge in [-0.25, -0.2) is 4.79 Å². The molecule has 5 fully saturated rings. The number of likely N-dealkylation sites (N-methyl/N-ethyl adjacent to an activating group) is 1. The first kappa shape index (κ1) is 33.1. The Labute approximate surface area is 284 Å². The van der Waals surface area contributed by atoms with Crippen molar-refractivity contribution in [2.45, 2.75) is 99.3 Å². The molecule has 0 radical (unpaired) electrons. The molecule has 1 saturated heterocycles. The van der Waals surface area contributed by atoms with Gasteiger partial charge in [-0.3, -0.25) is 4.79 Å². The van der Waals surface area contributed by atoms with Gasteiger partial charge in [-0.05, 0) is 146 Å². The highest BCUT2D eigenvalue weighted by Crippen LogP contribution is 2.78. The summed E-state index contributed by atoms with van der Waals surface area (Å²) in [5, 5.41) is 9.48. The molecule has 1 aromatic rings. The van der Waals surface area contributed by atoms with Gasteiger partial charge in [-0.15, -0.1) is 0 Å². The molecule has 0 aromatic heterocycles. The third kappa shape index (κ3) is 4.56. The number of hydrogen-bond donors (Lipinski definition) is 1. The summed E-state index contributed by atoms with van der Waals surface area (Å²) in [7, 11) is 2.18. The largest absolute Gasteiger partial charge is 0.478 e. The van der Waals surface area contributed by atoms with E-state index in [0.717, 1.165) is 51.9 Å². The molecule has 7 rings (SSSR count). The van der Waals surface area contributed by atoms with Crippen molar-refractivity contribution >= 4 is 17.4 Å². The number of carbonyl (C=O) groups is 2. The third-order valence-electron chi connectivity index (χ3n) is 16.3. The molecule has 0 spiro atoms. The number of carboxylic acids is 1. The van der Waals surface area contributed by atoms with Crippen molar-refractivity contribution in [2.24, 2.45) is 56.7 Å². The lowest BCUT2D eigenvalue weighted by Crippen LogP contribution is -2.66. The van der Waals surface area contributed by atoms with Gasteiger partial charge in [0.2, 0.25) is 5.91 Å². The van der Waals surface area contributed by atoms with E-state index in [4.69, 9.17) is 0 Å². The molecule has 5 nitrogen and oxygen atoms in total. The minimum Gasteiger partial charge on any atom is -0.478 e. The van der Waals surface area contributed by atoms with Gasteiger partial charge >= 0.3 is 5.97 Å². The molecule has 5 heteroatoms. The number of hydrogen-bond acceptors (Lipinski definition) is 3. The van der Waals surface area contributed by atoms with E-state index in [1.165, 1.54) is 48.8 Å². The molecule has 1 heterocycles. The maximum atomic E-state index is 14.7. The number of amides is 1. The summed E-state index contributed by atoms with van der Waals surface area (Å²) in [5.41, 5.74) is 4.66. The molecule has 5 aliphatic carbocycles. The Kier molecular flexibility index (Phi) is 7.79. The number of allylic oxidation sites excluding steroid dienone is 3.